The maximum absolute atomic E-state index is 14.8. The minimum atomic E-state index is -2.62. The van der Waals surface area contributed by atoms with Crippen LogP contribution < -0.4 is 0 Å². The van der Waals surface area contributed by atoms with Crippen LogP contribution in [0.4, 0.5) is 17.6 Å². The van der Waals surface area contributed by atoms with Gasteiger partial charge in [0.05, 0.1) is 0 Å². The SMILES string of the molecule is CCCc1ccc(/C(F)=C(\F)C2CCC(C3CCC(CCC)CC3(F)F)CC2)cc1. The van der Waals surface area contributed by atoms with Gasteiger partial charge in [-0.2, -0.15) is 0 Å². The average molecular weight is 425 g/mol. The Balaban J connectivity index is 1.60. The summed E-state index contributed by atoms with van der Waals surface area (Å²) in [5, 5.41) is 0. The van der Waals surface area contributed by atoms with E-state index in [1.54, 1.807) is 12.1 Å². The summed E-state index contributed by atoms with van der Waals surface area (Å²) in [5.41, 5.74) is 1.39. The minimum Gasteiger partial charge on any atom is -0.208 e. The van der Waals surface area contributed by atoms with Crippen LogP contribution in [-0.4, -0.2) is 5.92 Å². The largest absolute Gasteiger partial charge is 0.251 e. The third-order valence-corrected chi connectivity index (χ3v) is 7.34. The smallest absolute Gasteiger partial charge is 0.208 e. The molecule has 2 aliphatic carbocycles. The maximum atomic E-state index is 14.8. The molecule has 2 fully saturated rings. The van der Waals surface area contributed by atoms with Gasteiger partial charge in [0.2, 0.25) is 0 Å². The lowest BCUT2D eigenvalue weighted by Crippen LogP contribution is -2.41. The summed E-state index contributed by atoms with van der Waals surface area (Å²) < 4.78 is 59.1. The Morgan fingerprint density at radius 2 is 1.57 bits per heavy atom. The van der Waals surface area contributed by atoms with Crippen LogP contribution in [0.2, 0.25) is 0 Å². The van der Waals surface area contributed by atoms with Gasteiger partial charge in [0, 0.05) is 23.8 Å². The molecule has 0 heterocycles. The molecule has 2 aliphatic rings. The van der Waals surface area contributed by atoms with E-state index in [4.69, 9.17) is 0 Å². The molecule has 2 saturated carbocycles. The Morgan fingerprint density at radius 3 is 2.13 bits per heavy atom. The van der Waals surface area contributed by atoms with Gasteiger partial charge in [0.15, 0.2) is 5.83 Å². The van der Waals surface area contributed by atoms with Crippen LogP contribution in [-0.2, 0) is 6.42 Å². The molecular formula is C26H36F4. The number of rotatable bonds is 7. The Hall–Kier alpha value is -1.32. The van der Waals surface area contributed by atoms with E-state index in [0.717, 1.165) is 37.7 Å². The van der Waals surface area contributed by atoms with Crippen molar-refractivity contribution in [1.82, 2.24) is 0 Å². The standard InChI is InChI=1S/C26H36F4/c1-3-5-18-7-10-21(11-8-18)24(27)25(28)22-14-12-20(13-15-22)23-16-9-19(6-4-2)17-26(23,29)30/h7-8,10-11,19-20,22-23H,3-6,9,12-17H2,1-2H3/b25-24+. The van der Waals surface area contributed by atoms with Gasteiger partial charge in [-0.15, -0.1) is 0 Å². The predicted molar refractivity (Wildman–Crippen MR) is 116 cm³/mol. The fraction of sp³-hybridized carbons (Fsp3) is 0.692. The van der Waals surface area contributed by atoms with Gasteiger partial charge in [-0.25, -0.2) is 17.6 Å². The third-order valence-electron chi connectivity index (χ3n) is 7.34. The second-order valence-corrected chi connectivity index (χ2v) is 9.52. The number of benzene rings is 1. The molecule has 0 radical (unpaired) electrons. The van der Waals surface area contributed by atoms with Crippen LogP contribution in [0.1, 0.15) is 89.2 Å². The van der Waals surface area contributed by atoms with Crippen molar-refractivity contribution in [2.45, 2.75) is 90.4 Å². The number of hydrogen-bond donors (Lipinski definition) is 0. The monoisotopic (exact) mass is 424 g/mol. The predicted octanol–water partition coefficient (Wildman–Crippen LogP) is 8.90. The molecule has 0 bridgehead atoms. The second-order valence-electron chi connectivity index (χ2n) is 9.52. The zero-order valence-electron chi connectivity index (χ0n) is 18.4. The molecule has 0 N–H and O–H groups in total. The minimum absolute atomic E-state index is 0.00234. The van der Waals surface area contributed by atoms with E-state index < -0.39 is 29.4 Å². The highest BCUT2D eigenvalue weighted by Crippen LogP contribution is 2.50. The molecule has 0 spiro atoms. The summed E-state index contributed by atoms with van der Waals surface area (Å²) in [4.78, 5) is 0. The first-order valence-corrected chi connectivity index (χ1v) is 11.9. The van der Waals surface area contributed by atoms with E-state index in [0.29, 0.717) is 32.1 Å². The number of allylic oxidation sites excluding steroid dienone is 1. The normalized spacial score (nSPS) is 30.1. The molecule has 0 aromatic heterocycles. The quantitative estimate of drug-likeness (QED) is 0.383. The fourth-order valence-corrected chi connectivity index (χ4v) is 5.70. The second kappa shape index (κ2) is 10.3. The lowest BCUT2D eigenvalue weighted by atomic mass is 9.66. The molecule has 4 heteroatoms. The van der Waals surface area contributed by atoms with Gasteiger partial charge >= 0.3 is 0 Å². The summed E-state index contributed by atoms with van der Waals surface area (Å²) in [6, 6.07) is 6.97. The van der Waals surface area contributed by atoms with Gasteiger partial charge in [0.1, 0.15) is 5.83 Å². The highest BCUT2D eigenvalue weighted by Gasteiger charge is 2.48. The lowest BCUT2D eigenvalue weighted by molar-refractivity contribution is -0.128. The Labute approximate surface area is 179 Å². The molecule has 2 unspecified atom stereocenters. The van der Waals surface area contributed by atoms with Crippen molar-refractivity contribution in [3.63, 3.8) is 0 Å². The first kappa shape index (κ1) is 23.3. The topological polar surface area (TPSA) is 0 Å². The number of aryl methyl sites for hydroxylation is 1. The average Bonchev–Trinajstić information content (AvgIpc) is 2.73. The highest BCUT2D eigenvalue weighted by molar-refractivity contribution is 5.61. The zero-order chi connectivity index (χ0) is 21.7. The van der Waals surface area contributed by atoms with E-state index in [1.807, 2.05) is 19.1 Å². The molecular weight excluding hydrogens is 388 g/mol. The molecule has 2 atom stereocenters. The molecule has 0 nitrogen and oxygen atoms in total. The van der Waals surface area contributed by atoms with Crippen LogP contribution in [0, 0.1) is 23.7 Å². The van der Waals surface area contributed by atoms with E-state index in [1.165, 1.54) is 0 Å². The van der Waals surface area contributed by atoms with Crippen molar-refractivity contribution >= 4 is 5.83 Å². The Bertz CT molecular complexity index is 698. The van der Waals surface area contributed by atoms with Crippen molar-refractivity contribution in [3.8, 4) is 0 Å². The number of alkyl halides is 2. The summed E-state index contributed by atoms with van der Waals surface area (Å²) in [6.07, 6.45) is 7.28. The molecule has 0 amide bonds. The van der Waals surface area contributed by atoms with Crippen molar-refractivity contribution in [2.75, 3.05) is 0 Å². The van der Waals surface area contributed by atoms with Gasteiger partial charge in [0.25, 0.3) is 5.92 Å². The summed E-state index contributed by atoms with van der Waals surface area (Å²) in [6.45, 7) is 4.13. The fourth-order valence-electron chi connectivity index (χ4n) is 5.70. The van der Waals surface area contributed by atoms with Crippen molar-refractivity contribution < 1.29 is 17.6 Å². The van der Waals surface area contributed by atoms with E-state index in [-0.39, 0.29) is 23.8 Å². The van der Waals surface area contributed by atoms with Gasteiger partial charge < -0.3 is 0 Å². The molecule has 168 valence electrons. The lowest BCUT2D eigenvalue weighted by Gasteiger charge is -2.42. The van der Waals surface area contributed by atoms with Gasteiger partial charge in [-0.1, -0.05) is 57.4 Å². The van der Waals surface area contributed by atoms with Crippen molar-refractivity contribution in [1.29, 1.82) is 0 Å². The van der Waals surface area contributed by atoms with Crippen molar-refractivity contribution in [2.24, 2.45) is 23.7 Å². The summed E-state index contributed by atoms with van der Waals surface area (Å²) >= 11 is 0. The Kier molecular flexibility index (Phi) is 8.04. The van der Waals surface area contributed by atoms with Crippen LogP contribution >= 0.6 is 0 Å². The summed E-state index contributed by atoms with van der Waals surface area (Å²) in [7, 11) is 0. The van der Waals surface area contributed by atoms with Gasteiger partial charge in [-0.3, -0.25) is 0 Å². The first-order valence-electron chi connectivity index (χ1n) is 11.9. The zero-order valence-corrected chi connectivity index (χ0v) is 18.4. The van der Waals surface area contributed by atoms with E-state index in [2.05, 4.69) is 6.92 Å². The first-order chi connectivity index (χ1) is 14.4. The third kappa shape index (κ3) is 5.48. The maximum Gasteiger partial charge on any atom is 0.251 e. The van der Waals surface area contributed by atoms with Crippen LogP contribution in [0.5, 0.6) is 0 Å². The molecule has 3 rings (SSSR count). The molecule has 1 aromatic carbocycles. The highest BCUT2D eigenvalue weighted by atomic mass is 19.3. The van der Waals surface area contributed by atoms with Crippen LogP contribution in [0.25, 0.3) is 5.83 Å². The molecule has 0 saturated heterocycles. The van der Waals surface area contributed by atoms with E-state index in [9.17, 15) is 17.6 Å². The molecule has 30 heavy (non-hydrogen) atoms. The Morgan fingerprint density at radius 1 is 0.900 bits per heavy atom. The van der Waals surface area contributed by atoms with E-state index >= 15 is 0 Å². The number of halogens is 4. The van der Waals surface area contributed by atoms with Crippen molar-refractivity contribution in [3.05, 3.63) is 41.2 Å². The van der Waals surface area contributed by atoms with Crippen LogP contribution in [0.15, 0.2) is 30.1 Å². The van der Waals surface area contributed by atoms with Crippen LogP contribution in [0.3, 0.4) is 0 Å². The van der Waals surface area contributed by atoms with Gasteiger partial charge in [-0.05, 0) is 62.3 Å². The molecule has 0 aliphatic heterocycles. The molecule has 1 aromatic rings. The number of hydrogen-bond acceptors (Lipinski definition) is 0. The summed E-state index contributed by atoms with van der Waals surface area (Å²) in [5.74, 6) is -5.10.